The number of H-pyrrole nitrogens is 1. The molecule has 2 aromatic rings. The Hall–Kier alpha value is -1.89. The van der Waals surface area contributed by atoms with E-state index in [-0.39, 0.29) is 28.9 Å². The van der Waals surface area contributed by atoms with Crippen LogP contribution in [0, 0.1) is 0 Å². The summed E-state index contributed by atoms with van der Waals surface area (Å²) in [4.78, 5) is 14.0. The molecule has 0 aliphatic heterocycles. The lowest BCUT2D eigenvalue weighted by molar-refractivity contribution is 0.123. The minimum absolute atomic E-state index is 0. The summed E-state index contributed by atoms with van der Waals surface area (Å²) < 4.78 is 0. The van der Waals surface area contributed by atoms with Gasteiger partial charge in [0, 0.05) is 23.5 Å². The summed E-state index contributed by atoms with van der Waals surface area (Å²) in [7, 11) is 0. The molecule has 2 rings (SSSR count). The number of rotatable bonds is 5. The summed E-state index contributed by atoms with van der Waals surface area (Å²) in [5.74, 6) is 0.00326. The molecule has 0 aliphatic carbocycles. The lowest BCUT2D eigenvalue weighted by atomic mass is 9.95. The van der Waals surface area contributed by atoms with Gasteiger partial charge in [0.25, 0.3) is 0 Å². The third-order valence-corrected chi connectivity index (χ3v) is 3.59. The number of phenolic OH excluding ortho intramolecular Hbond substituents is 1. The second kappa shape index (κ2) is 7.40. The van der Waals surface area contributed by atoms with Gasteiger partial charge in [-0.15, -0.1) is 0 Å². The van der Waals surface area contributed by atoms with Crippen LogP contribution in [-0.4, -0.2) is 32.8 Å². The first-order valence-corrected chi connectivity index (χ1v) is 7.23. The number of aliphatic hydroxyl groups is 1. The number of aromatic hydroxyl groups is 1. The first kappa shape index (κ1) is 18.2. The molecule has 0 saturated heterocycles. The summed E-state index contributed by atoms with van der Waals surface area (Å²) in [5, 5.41) is 24.5. The maximum Gasteiger partial charge on any atom is 0.248 e. The predicted octanol–water partition coefficient (Wildman–Crippen LogP) is 1.22. The Morgan fingerprint density at radius 3 is 2.50 bits per heavy atom. The molecule has 6 heteroatoms. The first-order chi connectivity index (χ1) is 9.93. The minimum atomic E-state index is -0.716. The van der Waals surface area contributed by atoms with Gasteiger partial charge in [0.1, 0.15) is 5.75 Å². The van der Waals surface area contributed by atoms with Gasteiger partial charge in [0.15, 0.2) is 0 Å². The van der Waals surface area contributed by atoms with Crippen LogP contribution in [0.15, 0.2) is 29.1 Å². The van der Waals surface area contributed by atoms with Gasteiger partial charge in [0.05, 0.1) is 11.6 Å². The molecule has 6 nitrogen and oxygen atoms in total. The predicted molar refractivity (Wildman–Crippen MR) is 87.2 cm³/mol. The Labute approximate surface area is 129 Å². The summed E-state index contributed by atoms with van der Waals surface area (Å²) in [6.07, 6.45) is 0.0526. The molecule has 0 spiro atoms. The van der Waals surface area contributed by atoms with Crippen molar-refractivity contribution in [3.63, 3.8) is 0 Å². The number of benzene rings is 1. The van der Waals surface area contributed by atoms with E-state index in [4.69, 9.17) is 0 Å². The smallest absolute Gasteiger partial charge is 0.248 e. The normalized spacial score (nSPS) is 13.9. The van der Waals surface area contributed by atoms with E-state index in [9.17, 15) is 15.0 Å². The fourth-order valence-corrected chi connectivity index (χ4v) is 2.59. The average Bonchev–Trinajstić information content (AvgIpc) is 2.45. The number of pyridine rings is 1. The summed E-state index contributed by atoms with van der Waals surface area (Å²) >= 11 is 0. The molecule has 0 aliphatic rings. The highest BCUT2D eigenvalue weighted by Gasteiger charge is 2.22. The van der Waals surface area contributed by atoms with E-state index < -0.39 is 6.10 Å². The second-order valence-electron chi connectivity index (χ2n) is 5.57. The van der Waals surface area contributed by atoms with Crippen molar-refractivity contribution >= 4 is 10.9 Å². The minimum Gasteiger partial charge on any atom is -0.506 e. The standard InChI is InChI=1S/C16H22N2O3.H2O/c1-4-12(17-9(2)3)16(21)11-5-7-13(19)15-10(11)6-8-14(20)18-15;/h5-9,12,16-17,19,21H,4H2,1-3H3,(H,18,20);1H2. The van der Waals surface area contributed by atoms with E-state index in [2.05, 4.69) is 10.3 Å². The van der Waals surface area contributed by atoms with Crippen LogP contribution >= 0.6 is 0 Å². The molecule has 0 bridgehead atoms. The Kier molecular flexibility index (Phi) is 6.11. The quantitative estimate of drug-likeness (QED) is 0.664. The van der Waals surface area contributed by atoms with E-state index in [0.29, 0.717) is 16.5 Å². The van der Waals surface area contributed by atoms with E-state index >= 15 is 0 Å². The largest absolute Gasteiger partial charge is 0.506 e. The lowest BCUT2D eigenvalue weighted by Crippen LogP contribution is -2.39. The topological polar surface area (TPSA) is 117 Å². The van der Waals surface area contributed by atoms with Crippen molar-refractivity contribution in [1.82, 2.24) is 10.3 Å². The Morgan fingerprint density at radius 1 is 1.23 bits per heavy atom. The second-order valence-corrected chi connectivity index (χ2v) is 5.57. The third-order valence-electron chi connectivity index (χ3n) is 3.59. The highest BCUT2D eigenvalue weighted by Crippen LogP contribution is 2.30. The van der Waals surface area contributed by atoms with Crippen molar-refractivity contribution in [1.29, 1.82) is 0 Å². The van der Waals surface area contributed by atoms with E-state index in [1.807, 2.05) is 20.8 Å². The maximum atomic E-state index is 11.4. The van der Waals surface area contributed by atoms with Crippen LogP contribution in [0.2, 0.25) is 0 Å². The van der Waals surface area contributed by atoms with E-state index in [1.165, 1.54) is 12.1 Å². The Morgan fingerprint density at radius 2 is 1.91 bits per heavy atom. The van der Waals surface area contributed by atoms with Gasteiger partial charge < -0.3 is 26.0 Å². The molecule has 1 aromatic heterocycles. The number of nitrogens with one attached hydrogen (secondary N) is 2. The zero-order chi connectivity index (χ0) is 15.6. The van der Waals surface area contributed by atoms with Crippen molar-refractivity contribution < 1.29 is 15.7 Å². The maximum absolute atomic E-state index is 11.4. The van der Waals surface area contributed by atoms with Crippen molar-refractivity contribution in [2.24, 2.45) is 0 Å². The highest BCUT2D eigenvalue weighted by atomic mass is 16.3. The molecular formula is C16H24N2O4. The SMILES string of the molecule is CCC(NC(C)C)C(O)c1ccc(O)c2[nH]c(=O)ccc12.O. The van der Waals surface area contributed by atoms with Crippen LogP contribution in [0.3, 0.4) is 0 Å². The molecule has 0 fully saturated rings. The lowest BCUT2D eigenvalue weighted by Gasteiger charge is -2.26. The van der Waals surface area contributed by atoms with Crippen molar-refractivity contribution in [2.75, 3.05) is 0 Å². The van der Waals surface area contributed by atoms with Gasteiger partial charge in [-0.25, -0.2) is 0 Å². The van der Waals surface area contributed by atoms with Gasteiger partial charge in [-0.1, -0.05) is 26.8 Å². The fraction of sp³-hybridized carbons (Fsp3) is 0.438. The molecule has 122 valence electrons. The number of phenols is 1. The van der Waals surface area contributed by atoms with Gasteiger partial charge in [0.2, 0.25) is 5.56 Å². The third kappa shape index (κ3) is 3.65. The van der Waals surface area contributed by atoms with Crippen molar-refractivity contribution in [3.05, 3.63) is 40.2 Å². The molecule has 2 unspecified atom stereocenters. The Balaban J connectivity index is 0.00000242. The molecule has 0 radical (unpaired) electrons. The van der Waals surface area contributed by atoms with E-state index in [0.717, 1.165) is 6.42 Å². The first-order valence-electron chi connectivity index (χ1n) is 7.23. The van der Waals surface area contributed by atoms with Crippen LogP contribution in [0.1, 0.15) is 38.9 Å². The average molecular weight is 308 g/mol. The van der Waals surface area contributed by atoms with E-state index in [1.54, 1.807) is 12.1 Å². The number of hydrogen-bond donors (Lipinski definition) is 4. The Bertz CT molecular complexity index is 681. The molecular weight excluding hydrogens is 284 g/mol. The van der Waals surface area contributed by atoms with Crippen LogP contribution in [0.5, 0.6) is 5.75 Å². The number of fused-ring (bicyclic) bond motifs is 1. The molecule has 0 saturated carbocycles. The van der Waals surface area contributed by atoms with Crippen LogP contribution in [-0.2, 0) is 0 Å². The summed E-state index contributed by atoms with van der Waals surface area (Å²) in [5.41, 5.74) is 0.772. The fourth-order valence-electron chi connectivity index (χ4n) is 2.59. The number of aliphatic hydroxyl groups excluding tert-OH is 1. The van der Waals surface area contributed by atoms with Crippen molar-refractivity contribution in [2.45, 2.75) is 45.4 Å². The van der Waals surface area contributed by atoms with Gasteiger partial charge in [-0.2, -0.15) is 0 Å². The van der Waals surface area contributed by atoms with Gasteiger partial charge in [-0.05, 0) is 24.1 Å². The monoisotopic (exact) mass is 308 g/mol. The van der Waals surface area contributed by atoms with Crippen LogP contribution in [0.4, 0.5) is 0 Å². The molecule has 1 heterocycles. The molecule has 0 amide bonds. The summed E-state index contributed by atoms with van der Waals surface area (Å²) in [6, 6.07) is 6.39. The molecule has 6 N–H and O–H groups in total. The number of aromatic nitrogens is 1. The zero-order valence-corrected chi connectivity index (χ0v) is 13.1. The van der Waals surface area contributed by atoms with Crippen LogP contribution < -0.4 is 10.9 Å². The number of aromatic amines is 1. The molecule has 1 aromatic carbocycles. The van der Waals surface area contributed by atoms with Crippen LogP contribution in [0.25, 0.3) is 10.9 Å². The van der Waals surface area contributed by atoms with Gasteiger partial charge >= 0.3 is 0 Å². The zero-order valence-electron chi connectivity index (χ0n) is 13.1. The molecule has 22 heavy (non-hydrogen) atoms. The number of hydrogen-bond acceptors (Lipinski definition) is 4. The van der Waals surface area contributed by atoms with Gasteiger partial charge in [-0.3, -0.25) is 4.79 Å². The molecule has 2 atom stereocenters. The summed E-state index contributed by atoms with van der Waals surface area (Å²) in [6.45, 7) is 6.07. The highest BCUT2D eigenvalue weighted by molar-refractivity contribution is 5.87. The van der Waals surface area contributed by atoms with Crippen molar-refractivity contribution in [3.8, 4) is 5.75 Å².